The predicted molar refractivity (Wildman–Crippen MR) is 127 cm³/mol. The standard InChI is InChI=1S/C24H25ClN2O2S2/c25-21-12-4-3-11-20(21)23(24(29)26-17-7-1-2-8-17)27(16-19-10-6-14-31-19)22(28)15-18-9-5-13-30-18/h3-6,9-14,17,23H,1-2,7-8,15-16H2,(H,26,29)/t23-/m1/s1. The Hall–Kier alpha value is -2.15. The van der Waals surface area contributed by atoms with Crippen molar-refractivity contribution >= 4 is 46.1 Å². The summed E-state index contributed by atoms with van der Waals surface area (Å²) in [5, 5.41) is 7.64. The van der Waals surface area contributed by atoms with E-state index in [1.807, 2.05) is 53.2 Å². The van der Waals surface area contributed by atoms with Crippen molar-refractivity contribution in [1.29, 1.82) is 0 Å². The number of benzene rings is 1. The van der Waals surface area contributed by atoms with Crippen LogP contribution in [0.5, 0.6) is 0 Å². The third-order valence-electron chi connectivity index (χ3n) is 5.59. The quantitative estimate of drug-likeness (QED) is 0.448. The molecule has 0 unspecified atom stereocenters. The lowest BCUT2D eigenvalue weighted by Gasteiger charge is -2.32. The summed E-state index contributed by atoms with van der Waals surface area (Å²) >= 11 is 9.67. The fraction of sp³-hybridized carbons (Fsp3) is 0.333. The van der Waals surface area contributed by atoms with E-state index < -0.39 is 6.04 Å². The van der Waals surface area contributed by atoms with E-state index in [9.17, 15) is 9.59 Å². The molecule has 162 valence electrons. The van der Waals surface area contributed by atoms with Crippen LogP contribution in [-0.2, 0) is 22.6 Å². The maximum atomic E-state index is 13.6. The van der Waals surface area contributed by atoms with Crippen LogP contribution in [0.25, 0.3) is 0 Å². The van der Waals surface area contributed by atoms with Crippen molar-refractivity contribution in [2.24, 2.45) is 0 Å². The van der Waals surface area contributed by atoms with Gasteiger partial charge in [0.1, 0.15) is 6.04 Å². The largest absolute Gasteiger partial charge is 0.351 e. The molecule has 4 rings (SSSR count). The number of thiophene rings is 2. The minimum absolute atomic E-state index is 0.0812. The first-order valence-electron chi connectivity index (χ1n) is 10.5. The van der Waals surface area contributed by atoms with Crippen LogP contribution in [0.15, 0.2) is 59.3 Å². The van der Waals surface area contributed by atoms with Crippen molar-refractivity contribution in [2.75, 3.05) is 0 Å². The van der Waals surface area contributed by atoms with E-state index in [0.717, 1.165) is 35.4 Å². The Labute approximate surface area is 195 Å². The Kier molecular flexibility index (Phi) is 7.43. The first kappa shape index (κ1) is 22.1. The van der Waals surface area contributed by atoms with Gasteiger partial charge in [-0.15, -0.1) is 22.7 Å². The van der Waals surface area contributed by atoms with Crippen LogP contribution in [0.2, 0.25) is 5.02 Å². The Morgan fingerprint density at radius 3 is 2.32 bits per heavy atom. The zero-order valence-electron chi connectivity index (χ0n) is 17.1. The topological polar surface area (TPSA) is 49.4 Å². The zero-order valence-corrected chi connectivity index (χ0v) is 19.5. The van der Waals surface area contributed by atoms with Crippen molar-refractivity contribution < 1.29 is 9.59 Å². The summed E-state index contributed by atoms with van der Waals surface area (Å²) in [6.45, 7) is 0.371. The second-order valence-corrected chi connectivity index (χ2v) is 10.2. The Balaban J connectivity index is 1.69. The van der Waals surface area contributed by atoms with Crippen molar-refractivity contribution in [1.82, 2.24) is 10.2 Å². The fourth-order valence-electron chi connectivity index (χ4n) is 4.06. The lowest BCUT2D eigenvalue weighted by atomic mass is 10.0. The molecule has 1 fully saturated rings. The molecule has 1 aliphatic rings. The Morgan fingerprint density at radius 1 is 1.00 bits per heavy atom. The Morgan fingerprint density at radius 2 is 1.68 bits per heavy atom. The number of halogens is 1. The highest BCUT2D eigenvalue weighted by Gasteiger charge is 2.34. The smallest absolute Gasteiger partial charge is 0.247 e. The molecule has 1 saturated carbocycles. The molecule has 1 N–H and O–H groups in total. The van der Waals surface area contributed by atoms with Crippen molar-refractivity contribution in [3.8, 4) is 0 Å². The van der Waals surface area contributed by atoms with Gasteiger partial charge < -0.3 is 10.2 Å². The number of hydrogen-bond donors (Lipinski definition) is 1. The van der Waals surface area contributed by atoms with Gasteiger partial charge in [0.15, 0.2) is 0 Å². The lowest BCUT2D eigenvalue weighted by molar-refractivity contribution is -0.141. The summed E-state index contributed by atoms with van der Waals surface area (Å²) in [5.41, 5.74) is 0.663. The maximum Gasteiger partial charge on any atom is 0.247 e. The van der Waals surface area contributed by atoms with E-state index in [-0.39, 0.29) is 24.3 Å². The van der Waals surface area contributed by atoms with Crippen LogP contribution < -0.4 is 5.32 Å². The van der Waals surface area contributed by atoms with Crippen LogP contribution in [0.1, 0.15) is 47.0 Å². The number of carbonyl (C=O) groups excluding carboxylic acids is 2. The maximum absolute atomic E-state index is 13.6. The van der Waals surface area contributed by atoms with Crippen LogP contribution in [0.4, 0.5) is 0 Å². The number of carbonyl (C=O) groups is 2. The molecule has 1 atom stereocenters. The molecule has 1 aromatic carbocycles. The van der Waals surface area contributed by atoms with Crippen molar-refractivity contribution in [3.05, 3.63) is 79.6 Å². The number of hydrogen-bond acceptors (Lipinski definition) is 4. The first-order valence-corrected chi connectivity index (χ1v) is 12.6. The van der Waals surface area contributed by atoms with Gasteiger partial charge in [0.05, 0.1) is 13.0 Å². The molecule has 0 spiro atoms. The molecule has 0 saturated heterocycles. The summed E-state index contributed by atoms with van der Waals surface area (Å²) in [7, 11) is 0. The van der Waals surface area contributed by atoms with Gasteiger partial charge in [-0.3, -0.25) is 9.59 Å². The molecule has 1 aliphatic carbocycles. The molecule has 2 amide bonds. The molecule has 2 heterocycles. The van der Waals surface area contributed by atoms with Crippen LogP contribution in [0, 0.1) is 0 Å². The molecular formula is C24H25ClN2O2S2. The van der Waals surface area contributed by atoms with E-state index in [2.05, 4.69) is 5.32 Å². The minimum atomic E-state index is -0.774. The summed E-state index contributed by atoms with van der Waals surface area (Å²) in [6, 6.07) is 14.6. The highest BCUT2D eigenvalue weighted by atomic mass is 35.5. The van der Waals surface area contributed by atoms with Gasteiger partial charge in [-0.25, -0.2) is 0 Å². The second-order valence-electron chi connectivity index (χ2n) is 7.77. The highest BCUT2D eigenvalue weighted by molar-refractivity contribution is 7.10. The van der Waals surface area contributed by atoms with E-state index in [0.29, 0.717) is 17.1 Å². The van der Waals surface area contributed by atoms with Gasteiger partial charge in [-0.05, 0) is 41.8 Å². The molecule has 2 aromatic heterocycles. The van der Waals surface area contributed by atoms with Gasteiger partial charge in [-0.1, -0.05) is 54.8 Å². The lowest BCUT2D eigenvalue weighted by Crippen LogP contribution is -2.46. The Bertz CT molecular complexity index is 999. The van der Waals surface area contributed by atoms with E-state index >= 15 is 0 Å². The number of nitrogens with zero attached hydrogens (tertiary/aromatic N) is 1. The van der Waals surface area contributed by atoms with Gasteiger partial charge in [-0.2, -0.15) is 0 Å². The third-order valence-corrected chi connectivity index (χ3v) is 7.68. The van der Waals surface area contributed by atoms with Crippen molar-refractivity contribution in [2.45, 2.75) is 50.7 Å². The van der Waals surface area contributed by atoms with Crippen LogP contribution in [0.3, 0.4) is 0 Å². The van der Waals surface area contributed by atoms with Gasteiger partial charge >= 0.3 is 0 Å². The van der Waals surface area contributed by atoms with Crippen molar-refractivity contribution in [3.63, 3.8) is 0 Å². The van der Waals surface area contributed by atoms with Crippen LogP contribution in [-0.4, -0.2) is 22.8 Å². The molecule has 0 bridgehead atoms. The van der Waals surface area contributed by atoms with Crippen LogP contribution >= 0.6 is 34.3 Å². The normalized spacial score (nSPS) is 15.0. The monoisotopic (exact) mass is 472 g/mol. The third kappa shape index (κ3) is 5.56. The van der Waals surface area contributed by atoms with E-state index in [1.165, 1.54) is 0 Å². The SMILES string of the molecule is O=C(NC1CCCC1)[C@@H](c1ccccc1Cl)N(Cc1cccs1)C(=O)Cc1cccs1. The van der Waals surface area contributed by atoms with E-state index in [4.69, 9.17) is 11.6 Å². The summed E-state index contributed by atoms with van der Waals surface area (Å²) in [4.78, 5) is 30.8. The molecule has 0 radical (unpaired) electrons. The average Bonchev–Trinajstić information content (AvgIpc) is 3.53. The summed E-state index contributed by atoms with van der Waals surface area (Å²) < 4.78 is 0. The zero-order chi connectivity index (χ0) is 21.6. The number of amides is 2. The number of nitrogens with one attached hydrogen (secondary N) is 1. The second kappa shape index (κ2) is 10.4. The van der Waals surface area contributed by atoms with Gasteiger partial charge in [0, 0.05) is 26.4 Å². The highest BCUT2D eigenvalue weighted by Crippen LogP contribution is 2.32. The summed E-state index contributed by atoms with van der Waals surface area (Å²) in [5.74, 6) is -0.238. The minimum Gasteiger partial charge on any atom is -0.351 e. The first-order chi connectivity index (χ1) is 15.1. The molecular weight excluding hydrogens is 448 g/mol. The van der Waals surface area contributed by atoms with Gasteiger partial charge in [0.2, 0.25) is 11.8 Å². The fourth-order valence-corrected chi connectivity index (χ4v) is 5.69. The van der Waals surface area contributed by atoms with E-state index in [1.54, 1.807) is 33.6 Å². The molecule has 0 aliphatic heterocycles. The molecule has 7 heteroatoms. The molecule has 3 aromatic rings. The summed E-state index contributed by atoms with van der Waals surface area (Å²) in [6.07, 6.45) is 4.47. The predicted octanol–water partition coefficient (Wildman–Crippen LogP) is 5.83. The molecule has 4 nitrogen and oxygen atoms in total. The molecule has 31 heavy (non-hydrogen) atoms. The van der Waals surface area contributed by atoms with Gasteiger partial charge in [0.25, 0.3) is 0 Å². The number of rotatable bonds is 8. The average molecular weight is 473 g/mol.